The van der Waals surface area contributed by atoms with E-state index in [1.165, 1.54) is 0 Å². The van der Waals surface area contributed by atoms with Gasteiger partial charge in [-0.15, -0.1) is 0 Å². The minimum Gasteiger partial charge on any atom is -0.478 e. The molecule has 2 nitrogen and oxygen atoms in total. The highest BCUT2D eigenvalue weighted by molar-refractivity contribution is 6.33. The number of benzene rings is 2. The number of rotatable bonds is 2. The van der Waals surface area contributed by atoms with Crippen LogP contribution < -0.4 is 0 Å². The Bertz CT molecular complexity index is 576. The summed E-state index contributed by atoms with van der Waals surface area (Å²) in [5.74, 6) is -0.909. The number of hydrogen-bond donors (Lipinski definition) is 1. The predicted molar refractivity (Wildman–Crippen MR) is 68.6 cm³/mol. The molecular weight excluding hydrogens is 236 g/mol. The van der Waals surface area contributed by atoms with Crippen LogP contribution in [0, 0.1) is 6.92 Å². The monoisotopic (exact) mass is 246 g/mol. The zero-order valence-corrected chi connectivity index (χ0v) is 10.0. The van der Waals surface area contributed by atoms with Gasteiger partial charge < -0.3 is 5.11 Å². The lowest BCUT2D eigenvalue weighted by Crippen LogP contribution is -1.99. The molecule has 2 aromatic rings. The maximum absolute atomic E-state index is 10.9. The molecule has 3 heteroatoms. The number of carbonyl (C=O) groups is 1. The Hall–Kier alpha value is -1.80. The van der Waals surface area contributed by atoms with E-state index in [0.717, 1.165) is 16.7 Å². The average molecular weight is 247 g/mol. The van der Waals surface area contributed by atoms with Gasteiger partial charge in [0.1, 0.15) is 0 Å². The van der Waals surface area contributed by atoms with Gasteiger partial charge in [-0.1, -0.05) is 41.9 Å². The Balaban J connectivity index is 2.52. The molecule has 0 fully saturated rings. The molecule has 0 atom stereocenters. The van der Waals surface area contributed by atoms with E-state index in [9.17, 15) is 4.79 Å². The van der Waals surface area contributed by atoms with Crippen molar-refractivity contribution < 1.29 is 9.90 Å². The molecule has 0 saturated heterocycles. The van der Waals surface area contributed by atoms with Crippen molar-refractivity contribution in [3.05, 3.63) is 58.6 Å². The fraction of sp³-hybridized carbons (Fsp3) is 0.0714. The Morgan fingerprint density at radius 1 is 1.18 bits per heavy atom. The molecule has 0 radical (unpaired) electrons. The minimum absolute atomic E-state index is 0.320. The third-order valence-electron chi connectivity index (χ3n) is 2.64. The number of hydrogen-bond acceptors (Lipinski definition) is 1. The van der Waals surface area contributed by atoms with Crippen molar-refractivity contribution in [3.63, 3.8) is 0 Å². The van der Waals surface area contributed by atoms with Gasteiger partial charge in [-0.2, -0.15) is 0 Å². The molecule has 2 aromatic carbocycles. The van der Waals surface area contributed by atoms with E-state index in [2.05, 4.69) is 0 Å². The summed E-state index contributed by atoms with van der Waals surface area (Å²) in [6.45, 7) is 1.78. The summed E-state index contributed by atoms with van der Waals surface area (Å²) >= 11 is 6.10. The molecule has 0 aliphatic rings. The Morgan fingerprint density at radius 3 is 2.47 bits per heavy atom. The average Bonchev–Trinajstić information content (AvgIpc) is 2.29. The first kappa shape index (κ1) is 11.7. The smallest absolute Gasteiger partial charge is 0.335 e. The van der Waals surface area contributed by atoms with Crippen LogP contribution in [0.4, 0.5) is 0 Å². The van der Waals surface area contributed by atoms with Gasteiger partial charge in [0.25, 0.3) is 0 Å². The number of aromatic carboxylic acids is 1. The van der Waals surface area contributed by atoms with E-state index in [4.69, 9.17) is 16.7 Å². The molecule has 2 rings (SSSR count). The maximum Gasteiger partial charge on any atom is 0.335 e. The lowest BCUT2D eigenvalue weighted by molar-refractivity contribution is 0.0696. The molecule has 0 aliphatic carbocycles. The van der Waals surface area contributed by atoms with E-state index >= 15 is 0 Å². The zero-order chi connectivity index (χ0) is 12.4. The van der Waals surface area contributed by atoms with E-state index in [1.807, 2.05) is 30.3 Å². The van der Waals surface area contributed by atoms with Gasteiger partial charge in [-0.3, -0.25) is 0 Å². The molecule has 0 bridgehead atoms. The zero-order valence-electron chi connectivity index (χ0n) is 9.27. The molecule has 17 heavy (non-hydrogen) atoms. The van der Waals surface area contributed by atoms with Crippen molar-refractivity contribution in [2.75, 3.05) is 0 Å². The minimum atomic E-state index is -0.909. The summed E-state index contributed by atoms with van der Waals surface area (Å²) in [7, 11) is 0. The normalized spacial score (nSPS) is 10.2. The molecule has 0 amide bonds. The van der Waals surface area contributed by atoms with Crippen LogP contribution in [0.5, 0.6) is 0 Å². The first-order valence-corrected chi connectivity index (χ1v) is 5.56. The fourth-order valence-corrected chi connectivity index (χ4v) is 2.01. The van der Waals surface area contributed by atoms with Gasteiger partial charge in [0, 0.05) is 10.6 Å². The topological polar surface area (TPSA) is 37.3 Å². The molecule has 0 saturated carbocycles. The molecule has 86 valence electrons. The van der Waals surface area contributed by atoms with Crippen molar-refractivity contribution in [3.8, 4) is 11.1 Å². The summed E-state index contributed by atoms with van der Waals surface area (Å²) in [6.07, 6.45) is 0. The van der Waals surface area contributed by atoms with Crippen LogP contribution in [0.15, 0.2) is 42.5 Å². The van der Waals surface area contributed by atoms with Crippen LogP contribution in [0.3, 0.4) is 0 Å². The number of carboxylic acids is 1. The molecule has 0 aliphatic heterocycles. The predicted octanol–water partition coefficient (Wildman–Crippen LogP) is 4.01. The van der Waals surface area contributed by atoms with E-state index in [-0.39, 0.29) is 0 Å². The molecule has 0 spiro atoms. The molecule has 0 aromatic heterocycles. The van der Waals surface area contributed by atoms with Crippen LogP contribution in [-0.2, 0) is 0 Å². The lowest BCUT2D eigenvalue weighted by Gasteiger charge is -2.07. The number of carboxylic acid groups (broad SMARTS) is 1. The van der Waals surface area contributed by atoms with Crippen LogP contribution in [0.1, 0.15) is 15.9 Å². The largest absolute Gasteiger partial charge is 0.478 e. The van der Waals surface area contributed by atoms with Crippen molar-refractivity contribution in [1.29, 1.82) is 0 Å². The van der Waals surface area contributed by atoms with Crippen molar-refractivity contribution >= 4 is 17.6 Å². The van der Waals surface area contributed by atoms with Gasteiger partial charge in [-0.25, -0.2) is 4.79 Å². The maximum atomic E-state index is 10.9. The second kappa shape index (κ2) is 4.60. The molecule has 0 heterocycles. The van der Waals surface area contributed by atoms with E-state index in [1.54, 1.807) is 19.1 Å². The van der Waals surface area contributed by atoms with Crippen molar-refractivity contribution in [2.24, 2.45) is 0 Å². The van der Waals surface area contributed by atoms with Crippen LogP contribution in [-0.4, -0.2) is 11.1 Å². The highest BCUT2D eigenvalue weighted by atomic mass is 35.5. The molecule has 0 unspecified atom stereocenters. The lowest BCUT2D eigenvalue weighted by atomic mass is 10.00. The van der Waals surface area contributed by atoms with Crippen LogP contribution in [0.2, 0.25) is 5.02 Å². The number of halogens is 1. The van der Waals surface area contributed by atoms with Crippen LogP contribution >= 0.6 is 11.6 Å². The quantitative estimate of drug-likeness (QED) is 0.869. The number of aryl methyl sites for hydroxylation is 1. The second-order valence-corrected chi connectivity index (χ2v) is 4.22. The highest BCUT2D eigenvalue weighted by Gasteiger charge is 2.09. The summed E-state index contributed by atoms with van der Waals surface area (Å²) < 4.78 is 0. The van der Waals surface area contributed by atoms with Gasteiger partial charge in [0.15, 0.2) is 0 Å². The Morgan fingerprint density at radius 2 is 1.88 bits per heavy atom. The van der Waals surface area contributed by atoms with Gasteiger partial charge in [0.05, 0.1) is 5.56 Å². The first-order chi connectivity index (χ1) is 8.09. The molecular formula is C14H11ClO2. The standard InChI is InChI=1S/C14H11ClO2/c1-9-8-10(6-7-11(9)14(16)17)12-4-2-3-5-13(12)15/h2-8H,1H3,(H,16,17). The van der Waals surface area contributed by atoms with E-state index < -0.39 is 5.97 Å². The summed E-state index contributed by atoms with van der Waals surface area (Å²) in [4.78, 5) is 10.9. The molecule has 1 N–H and O–H groups in total. The van der Waals surface area contributed by atoms with Crippen molar-refractivity contribution in [2.45, 2.75) is 6.92 Å². The van der Waals surface area contributed by atoms with E-state index in [0.29, 0.717) is 10.6 Å². The van der Waals surface area contributed by atoms with Gasteiger partial charge in [-0.05, 0) is 30.2 Å². The summed E-state index contributed by atoms with van der Waals surface area (Å²) in [5.41, 5.74) is 2.89. The Labute approximate surface area is 104 Å². The van der Waals surface area contributed by atoms with Crippen molar-refractivity contribution in [1.82, 2.24) is 0 Å². The third kappa shape index (κ3) is 2.32. The summed E-state index contributed by atoms with van der Waals surface area (Å²) in [6, 6.07) is 12.7. The van der Waals surface area contributed by atoms with Crippen LogP contribution in [0.25, 0.3) is 11.1 Å². The summed E-state index contributed by atoms with van der Waals surface area (Å²) in [5, 5.41) is 9.62. The third-order valence-corrected chi connectivity index (χ3v) is 2.97. The first-order valence-electron chi connectivity index (χ1n) is 5.18. The highest BCUT2D eigenvalue weighted by Crippen LogP contribution is 2.28. The van der Waals surface area contributed by atoms with Gasteiger partial charge in [0.2, 0.25) is 0 Å². The fourth-order valence-electron chi connectivity index (χ4n) is 1.77. The second-order valence-electron chi connectivity index (χ2n) is 3.81. The SMILES string of the molecule is Cc1cc(-c2ccccc2Cl)ccc1C(=O)O. The Kier molecular flexibility index (Phi) is 3.16. The van der Waals surface area contributed by atoms with Gasteiger partial charge >= 0.3 is 5.97 Å².